The molecule has 1 heteroatoms. The standard InChI is InChI=1S/C12H21Br/c1-5-10(2)6-7-11(3)12(4)8-9-13/h6,8,11H,5,7,9H2,1-4H3. The summed E-state index contributed by atoms with van der Waals surface area (Å²) in [7, 11) is 0. The van der Waals surface area contributed by atoms with Crippen LogP contribution in [0, 0.1) is 5.92 Å². The topological polar surface area (TPSA) is 0 Å². The first-order chi connectivity index (χ1) is 6.11. The van der Waals surface area contributed by atoms with Crippen LogP contribution in [0.15, 0.2) is 23.3 Å². The van der Waals surface area contributed by atoms with Crippen molar-refractivity contribution in [3.8, 4) is 0 Å². The van der Waals surface area contributed by atoms with Crippen LogP contribution >= 0.6 is 15.9 Å². The molecular formula is C12H21Br. The molecule has 76 valence electrons. The summed E-state index contributed by atoms with van der Waals surface area (Å²) in [5, 5.41) is 0.972. The molecule has 0 bridgehead atoms. The molecule has 0 aliphatic rings. The first-order valence-corrected chi connectivity index (χ1v) is 6.12. The van der Waals surface area contributed by atoms with Crippen LogP contribution in [0.3, 0.4) is 0 Å². The zero-order valence-corrected chi connectivity index (χ0v) is 10.8. The Hall–Kier alpha value is -0.0400. The van der Waals surface area contributed by atoms with Crippen molar-refractivity contribution in [2.24, 2.45) is 5.92 Å². The van der Waals surface area contributed by atoms with Gasteiger partial charge in [-0.3, -0.25) is 0 Å². The van der Waals surface area contributed by atoms with Crippen molar-refractivity contribution in [2.45, 2.75) is 40.5 Å². The lowest BCUT2D eigenvalue weighted by molar-refractivity contribution is 0.689. The van der Waals surface area contributed by atoms with E-state index in [1.807, 2.05) is 0 Å². The van der Waals surface area contributed by atoms with Gasteiger partial charge in [0.1, 0.15) is 0 Å². The van der Waals surface area contributed by atoms with Crippen LogP contribution in [0.1, 0.15) is 40.5 Å². The van der Waals surface area contributed by atoms with Crippen LogP contribution in [0.4, 0.5) is 0 Å². The van der Waals surface area contributed by atoms with E-state index in [2.05, 4.69) is 55.8 Å². The quantitative estimate of drug-likeness (QED) is 0.486. The van der Waals surface area contributed by atoms with E-state index < -0.39 is 0 Å². The molecule has 13 heavy (non-hydrogen) atoms. The molecule has 0 aromatic heterocycles. The van der Waals surface area contributed by atoms with Crippen molar-refractivity contribution < 1.29 is 0 Å². The van der Waals surface area contributed by atoms with Crippen LogP contribution in [0.2, 0.25) is 0 Å². The molecule has 0 N–H and O–H groups in total. The second-order valence-corrected chi connectivity index (χ2v) is 4.29. The molecule has 0 radical (unpaired) electrons. The molecule has 0 heterocycles. The van der Waals surface area contributed by atoms with Gasteiger partial charge in [-0.25, -0.2) is 0 Å². The third-order valence-corrected chi connectivity index (χ3v) is 2.88. The highest BCUT2D eigenvalue weighted by Crippen LogP contribution is 2.16. The van der Waals surface area contributed by atoms with Gasteiger partial charge in [0.2, 0.25) is 0 Å². The zero-order chi connectivity index (χ0) is 10.3. The van der Waals surface area contributed by atoms with Gasteiger partial charge < -0.3 is 0 Å². The first-order valence-electron chi connectivity index (χ1n) is 5.00. The number of hydrogen-bond acceptors (Lipinski definition) is 0. The maximum Gasteiger partial charge on any atom is 0.0214 e. The summed E-state index contributed by atoms with van der Waals surface area (Å²) in [5.41, 5.74) is 2.98. The van der Waals surface area contributed by atoms with Crippen molar-refractivity contribution in [2.75, 3.05) is 5.33 Å². The predicted octanol–water partition coefficient (Wildman–Crippen LogP) is 4.71. The summed E-state index contributed by atoms with van der Waals surface area (Å²) < 4.78 is 0. The van der Waals surface area contributed by atoms with E-state index >= 15 is 0 Å². The molecule has 0 aliphatic heterocycles. The van der Waals surface area contributed by atoms with Crippen LogP contribution in [-0.2, 0) is 0 Å². The van der Waals surface area contributed by atoms with Gasteiger partial charge in [-0.05, 0) is 32.6 Å². The van der Waals surface area contributed by atoms with Crippen molar-refractivity contribution in [3.05, 3.63) is 23.3 Å². The van der Waals surface area contributed by atoms with Gasteiger partial charge in [0.05, 0.1) is 0 Å². The molecule has 1 unspecified atom stereocenters. The highest BCUT2D eigenvalue weighted by atomic mass is 79.9. The minimum Gasteiger partial charge on any atom is -0.0883 e. The van der Waals surface area contributed by atoms with Gasteiger partial charge >= 0.3 is 0 Å². The second-order valence-electron chi connectivity index (χ2n) is 3.64. The second kappa shape index (κ2) is 7.37. The zero-order valence-electron chi connectivity index (χ0n) is 9.23. The van der Waals surface area contributed by atoms with Crippen LogP contribution < -0.4 is 0 Å². The molecule has 0 nitrogen and oxygen atoms in total. The van der Waals surface area contributed by atoms with Crippen molar-refractivity contribution >= 4 is 15.9 Å². The van der Waals surface area contributed by atoms with E-state index in [4.69, 9.17) is 0 Å². The van der Waals surface area contributed by atoms with Gasteiger partial charge in [-0.1, -0.05) is 53.1 Å². The van der Waals surface area contributed by atoms with E-state index in [1.54, 1.807) is 0 Å². The lowest BCUT2D eigenvalue weighted by Gasteiger charge is -2.09. The largest absolute Gasteiger partial charge is 0.0883 e. The Balaban J connectivity index is 4.00. The fraction of sp³-hybridized carbons (Fsp3) is 0.667. The molecule has 0 saturated carbocycles. The Bertz CT molecular complexity index is 189. The molecule has 0 amide bonds. The maximum absolute atomic E-state index is 3.42. The number of halogens is 1. The monoisotopic (exact) mass is 244 g/mol. The van der Waals surface area contributed by atoms with E-state index in [-0.39, 0.29) is 0 Å². The average molecular weight is 245 g/mol. The van der Waals surface area contributed by atoms with E-state index in [9.17, 15) is 0 Å². The Labute approximate surface area is 91.2 Å². The highest BCUT2D eigenvalue weighted by molar-refractivity contribution is 9.09. The number of alkyl halides is 1. The summed E-state index contributed by atoms with van der Waals surface area (Å²) in [5.74, 6) is 0.680. The lowest BCUT2D eigenvalue weighted by atomic mass is 9.97. The highest BCUT2D eigenvalue weighted by Gasteiger charge is 2.01. The van der Waals surface area contributed by atoms with Gasteiger partial charge in [0, 0.05) is 5.33 Å². The number of rotatable bonds is 5. The third-order valence-electron chi connectivity index (χ3n) is 2.55. The van der Waals surface area contributed by atoms with Crippen LogP contribution in [-0.4, -0.2) is 5.33 Å². The van der Waals surface area contributed by atoms with Gasteiger partial charge in [0.15, 0.2) is 0 Å². The SMILES string of the molecule is CCC(C)=CCC(C)C(C)=CCBr. The summed E-state index contributed by atoms with van der Waals surface area (Å²) in [6.45, 7) is 8.91. The normalized spacial score (nSPS) is 16.1. The minimum absolute atomic E-state index is 0.680. The molecule has 0 aromatic rings. The molecular weight excluding hydrogens is 224 g/mol. The Kier molecular flexibility index (Phi) is 7.35. The van der Waals surface area contributed by atoms with Crippen LogP contribution in [0.5, 0.6) is 0 Å². The number of hydrogen-bond donors (Lipinski definition) is 0. The molecule has 0 aliphatic carbocycles. The molecule has 0 fully saturated rings. The Morgan fingerprint density at radius 2 is 1.92 bits per heavy atom. The fourth-order valence-electron chi connectivity index (χ4n) is 1.03. The summed E-state index contributed by atoms with van der Waals surface area (Å²) >= 11 is 3.42. The number of allylic oxidation sites excluding steroid dienone is 4. The fourth-order valence-corrected chi connectivity index (χ4v) is 1.54. The van der Waals surface area contributed by atoms with Gasteiger partial charge in [-0.2, -0.15) is 0 Å². The summed E-state index contributed by atoms with van der Waals surface area (Å²) in [4.78, 5) is 0. The average Bonchev–Trinajstić information content (AvgIpc) is 2.13. The summed E-state index contributed by atoms with van der Waals surface area (Å²) in [6.07, 6.45) is 6.96. The minimum atomic E-state index is 0.680. The maximum atomic E-state index is 3.42. The Morgan fingerprint density at radius 1 is 1.31 bits per heavy atom. The predicted molar refractivity (Wildman–Crippen MR) is 65.4 cm³/mol. The van der Waals surface area contributed by atoms with E-state index in [0.717, 1.165) is 5.33 Å². The van der Waals surface area contributed by atoms with Crippen molar-refractivity contribution in [1.29, 1.82) is 0 Å². The molecule has 0 rings (SSSR count). The van der Waals surface area contributed by atoms with Gasteiger partial charge in [-0.15, -0.1) is 0 Å². The lowest BCUT2D eigenvalue weighted by Crippen LogP contribution is -1.95. The molecule has 0 aromatic carbocycles. The molecule has 1 atom stereocenters. The molecule has 0 spiro atoms. The Morgan fingerprint density at radius 3 is 2.38 bits per heavy atom. The third kappa shape index (κ3) is 6.09. The van der Waals surface area contributed by atoms with Gasteiger partial charge in [0.25, 0.3) is 0 Å². The smallest absolute Gasteiger partial charge is 0.0214 e. The van der Waals surface area contributed by atoms with Crippen molar-refractivity contribution in [1.82, 2.24) is 0 Å². The first kappa shape index (κ1) is 13.0. The van der Waals surface area contributed by atoms with Crippen molar-refractivity contribution in [3.63, 3.8) is 0 Å². The summed E-state index contributed by atoms with van der Waals surface area (Å²) in [6, 6.07) is 0. The van der Waals surface area contributed by atoms with Crippen LogP contribution in [0.25, 0.3) is 0 Å². The molecule has 0 saturated heterocycles. The van der Waals surface area contributed by atoms with E-state index in [1.165, 1.54) is 24.0 Å². The van der Waals surface area contributed by atoms with E-state index in [0.29, 0.717) is 5.92 Å².